The minimum Gasteiger partial charge on any atom is -0.355 e. The standard InChI is InChI=1S/C13H29N3O/c1-6-7-14-13(17)9-15-12(8-11(2)3)10-16(4)5/h11-12,15H,6-10H2,1-5H3,(H,14,17). The van der Waals surface area contributed by atoms with Gasteiger partial charge < -0.3 is 15.5 Å². The molecule has 0 saturated heterocycles. The smallest absolute Gasteiger partial charge is 0.233 e. The molecule has 4 nitrogen and oxygen atoms in total. The van der Waals surface area contributed by atoms with E-state index in [0.29, 0.717) is 18.5 Å². The molecule has 17 heavy (non-hydrogen) atoms. The van der Waals surface area contributed by atoms with Crippen LogP contribution in [-0.2, 0) is 4.79 Å². The van der Waals surface area contributed by atoms with Crippen molar-refractivity contribution in [3.05, 3.63) is 0 Å². The molecule has 0 aromatic rings. The Balaban J connectivity index is 3.93. The number of nitrogens with zero attached hydrogens (tertiary/aromatic N) is 1. The molecule has 0 aliphatic heterocycles. The molecule has 2 N–H and O–H groups in total. The maximum Gasteiger partial charge on any atom is 0.233 e. The third-order valence-electron chi connectivity index (χ3n) is 2.46. The van der Waals surface area contributed by atoms with Crippen LogP contribution in [0.15, 0.2) is 0 Å². The Morgan fingerprint density at radius 3 is 2.41 bits per heavy atom. The highest BCUT2D eigenvalue weighted by Gasteiger charge is 2.12. The van der Waals surface area contributed by atoms with Crippen LogP contribution >= 0.6 is 0 Å². The molecule has 0 aromatic heterocycles. The summed E-state index contributed by atoms with van der Waals surface area (Å²) >= 11 is 0. The Hall–Kier alpha value is -0.610. The van der Waals surface area contributed by atoms with Crippen molar-refractivity contribution in [1.82, 2.24) is 15.5 Å². The molecule has 0 fully saturated rings. The molecule has 0 rings (SSSR count). The Kier molecular flexibility index (Phi) is 9.09. The highest BCUT2D eigenvalue weighted by molar-refractivity contribution is 5.77. The molecule has 0 saturated carbocycles. The van der Waals surface area contributed by atoms with Crippen molar-refractivity contribution in [2.75, 3.05) is 33.7 Å². The third kappa shape index (κ3) is 10.3. The van der Waals surface area contributed by atoms with E-state index in [-0.39, 0.29) is 5.91 Å². The van der Waals surface area contributed by atoms with Gasteiger partial charge in [-0.1, -0.05) is 20.8 Å². The highest BCUT2D eigenvalue weighted by atomic mass is 16.1. The second kappa shape index (κ2) is 9.42. The topological polar surface area (TPSA) is 44.4 Å². The number of carbonyl (C=O) groups excluding carboxylic acids is 1. The first-order chi connectivity index (χ1) is 7.95. The fourth-order valence-electron chi connectivity index (χ4n) is 1.80. The zero-order valence-corrected chi connectivity index (χ0v) is 12.0. The van der Waals surface area contributed by atoms with Crippen molar-refractivity contribution < 1.29 is 4.79 Å². The number of carbonyl (C=O) groups is 1. The summed E-state index contributed by atoms with van der Waals surface area (Å²) in [5.41, 5.74) is 0. The molecule has 102 valence electrons. The van der Waals surface area contributed by atoms with Crippen LogP contribution in [0.4, 0.5) is 0 Å². The van der Waals surface area contributed by atoms with Crippen molar-refractivity contribution in [2.24, 2.45) is 5.92 Å². The van der Waals surface area contributed by atoms with Gasteiger partial charge in [-0.2, -0.15) is 0 Å². The summed E-state index contributed by atoms with van der Waals surface area (Å²) in [5, 5.41) is 6.22. The van der Waals surface area contributed by atoms with E-state index in [0.717, 1.165) is 25.9 Å². The predicted molar refractivity (Wildman–Crippen MR) is 73.1 cm³/mol. The van der Waals surface area contributed by atoms with E-state index >= 15 is 0 Å². The van der Waals surface area contributed by atoms with Crippen molar-refractivity contribution in [3.8, 4) is 0 Å². The fraction of sp³-hybridized carbons (Fsp3) is 0.923. The van der Waals surface area contributed by atoms with Crippen LogP contribution in [0, 0.1) is 5.92 Å². The van der Waals surface area contributed by atoms with Crippen LogP contribution in [0.5, 0.6) is 0 Å². The lowest BCUT2D eigenvalue weighted by atomic mass is 10.0. The van der Waals surface area contributed by atoms with Crippen molar-refractivity contribution >= 4 is 5.91 Å². The predicted octanol–water partition coefficient (Wildman–Crippen LogP) is 1.08. The zero-order chi connectivity index (χ0) is 13.3. The van der Waals surface area contributed by atoms with Crippen molar-refractivity contribution in [3.63, 3.8) is 0 Å². The van der Waals surface area contributed by atoms with Gasteiger partial charge in [-0.25, -0.2) is 0 Å². The maximum absolute atomic E-state index is 11.5. The Labute approximate surface area is 106 Å². The SMILES string of the molecule is CCCNC(=O)CNC(CC(C)C)CN(C)C. The first-order valence-electron chi connectivity index (χ1n) is 6.60. The monoisotopic (exact) mass is 243 g/mol. The lowest BCUT2D eigenvalue weighted by molar-refractivity contribution is -0.120. The van der Waals surface area contributed by atoms with Gasteiger partial charge in [0.25, 0.3) is 0 Å². The highest BCUT2D eigenvalue weighted by Crippen LogP contribution is 2.05. The Morgan fingerprint density at radius 2 is 1.94 bits per heavy atom. The second-order valence-electron chi connectivity index (χ2n) is 5.32. The molecular formula is C13H29N3O. The summed E-state index contributed by atoms with van der Waals surface area (Å²) in [6.45, 7) is 8.64. The molecule has 0 heterocycles. The van der Waals surface area contributed by atoms with E-state index in [1.807, 2.05) is 0 Å². The van der Waals surface area contributed by atoms with Gasteiger partial charge in [-0.15, -0.1) is 0 Å². The van der Waals surface area contributed by atoms with Crippen LogP contribution in [-0.4, -0.2) is 50.6 Å². The number of rotatable bonds is 9. The normalized spacial score (nSPS) is 13.1. The molecule has 1 amide bonds. The van der Waals surface area contributed by atoms with Gasteiger partial charge >= 0.3 is 0 Å². The van der Waals surface area contributed by atoms with E-state index < -0.39 is 0 Å². The van der Waals surface area contributed by atoms with Gasteiger partial charge in [-0.05, 0) is 32.9 Å². The molecule has 1 unspecified atom stereocenters. The average molecular weight is 243 g/mol. The van der Waals surface area contributed by atoms with Gasteiger partial charge in [0.05, 0.1) is 6.54 Å². The quantitative estimate of drug-likeness (QED) is 0.637. The van der Waals surface area contributed by atoms with Crippen LogP contribution in [0.3, 0.4) is 0 Å². The van der Waals surface area contributed by atoms with Crippen LogP contribution in [0.1, 0.15) is 33.6 Å². The van der Waals surface area contributed by atoms with Gasteiger partial charge in [0.1, 0.15) is 0 Å². The van der Waals surface area contributed by atoms with Crippen LogP contribution in [0.25, 0.3) is 0 Å². The minimum absolute atomic E-state index is 0.0966. The Morgan fingerprint density at radius 1 is 1.29 bits per heavy atom. The first kappa shape index (κ1) is 16.4. The number of likely N-dealkylation sites (N-methyl/N-ethyl adjacent to an activating group) is 1. The summed E-state index contributed by atoms with van der Waals surface area (Å²) in [6, 6.07) is 0.386. The Bertz CT molecular complexity index is 195. The number of amides is 1. The fourth-order valence-corrected chi connectivity index (χ4v) is 1.80. The zero-order valence-electron chi connectivity index (χ0n) is 12.0. The number of nitrogens with one attached hydrogen (secondary N) is 2. The van der Waals surface area contributed by atoms with Gasteiger partial charge in [-0.3, -0.25) is 4.79 Å². The minimum atomic E-state index is 0.0966. The average Bonchev–Trinajstić information content (AvgIpc) is 2.21. The molecular weight excluding hydrogens is 214 g/mol. The summed E-state index contributed by atoms with van der Waals surface area (Å²) in [4.78, 5) is 13.6. The van der Waals surface area contributed by atoms with Crippen molar-refractivity contribution in [1.29, 1.82) is 0 Å². The first-order valence-corrected chi connectivity index (χ1v) is 6.60. The molecule has 0 aliphatic carbocycles. The molecule has 4 heteroatoms. The lowest BCUT2D eigenvalue weighted by Gasteiger charge is -2.23. The largest absolute Gasteiger partial charge is 0.355 e. The molecule has 0 aliphatic rings. The molecule has 0 radical (unpaired) electrons. The van der Waals surface area contributed by atoms with Gasteiger partial charge in [0.15, 0.2) is 0 Å². The summed E-state index contributed by atoms with van der Waals surface area (Å²) in [7, 11) is 4.12. The molecule has 0 aromatic carbocycles. The number of hydrogen-bond donors (Lipinski definition) is 2. The lowest BCUT2D eigenvalue weighted by Crippen LogP contribution is -2.44. The van der Waals surface area contributed by atoms with Crippen LogP contribution < -0.4 is 10.6 Å². The van der Waals surface area contributed by atoms with E-state index in [1.54, 1.807) is 0 Å². The van der Waals surface area contributed by atoms with Crippen LogP contribution in [0.2, 0.25) is 0 Å². The summed E-state index contributed by atoms with van der Waals surface area (Å²) < 4.78 is 0. The van der Waals surface area contributed by atoms with Gasteiger partial charge in [0.2, 0.25) is 5.91 Å². The summed E-state index contributed by atoms with van der Waals surface area (Å²) in [5.74, 6) is 0.741. The van der Waals surface area contributed by atoms with E-state index in [4.69, 9.17) is 0 Å². The van der Waals surface area contributed by atoms with Crippen molar-refractivity contribution in [2.45, 2.75) is 39.7 Å². The second-order valence-corrected chi connectivity index (χ2v) is 5.32. The van der Waals surface area contributed by atoms with E-state index in [9.17, 15) is 4.79 Å². The molecule has 0 bridgehead atoms. The maximum atomic E-state index is 11.5. The molecule has 1 atom stereocenters. The van der Waals surface area contributed by atoms with E-state index in [2.05, 4.69) is 50.4 Å². The molecule has 0 spiro atoms. The third-order valence-corrected chi connectivity index (χ3v) is 2.46. The summed E-state index contributed by atoms with van der Waals surface area (Å²) in [6.07, 6.45) is 2.08. The van der Waals surface area contributed by atoms with Gasteiger partial charge in [0, 0.05) is 19.1 Å². The van der Waals surface area contributed by atoms with E-state index in [1.165, 1.54) is 0 Å². The number of hydrogen-bond acceptors (Lipinski definition) is 3.